The van der Waals surface area contributed by atoms with Gasteiger partial charge in [-0.05, 0) is 18.9 Å². The Kier molecular flexibility index (Phi) is 3.74. The van der Waals surface area contributed by atoms with E-state index in [2.05, 4.69) is 0 Å². The second kappa shape index (κ2) is 4.66. The van der Waals surface area contributed by atoms with Gasteiger partial charge in [-0.15, -0.1) is 0 Å². The number of aliphatic hydroxyl groups is 1. The van der Waals surface area contributed by atoms with Gasteiger partial charge in [-0.3, -0.25) is 0 Å². The molecule has 1 atom stereocenters. The van der Waals surface area contributed by atoms with Gasteiger partial charge in [-0.2, -0.15) is 13.2 Å². The fraction of sp³-hybridized carbons (Fsp3) is 0.455. The van der Waals surface area contributed by atoms with Crippen molar-refractivity contribution in [2.24, 2.45) is 0 Å². The third-order valence-corrected chi connectivity index (χ3v) is 2.13. The van der Waals surface area contributed by atoms with Crippen molar-refractivity contribution in [3.8, 4) is 0 Å². The van der Waals surface area contributed by atoms with Gasteiger partial charge in [0.05, 0.1) is 6.10 Å². The molecule has 0 aliphatic rings. The molecule has 15 heavy (non-hydrogen) atoms. The highest BCUT2D eigenvalue weighted by atomic mass is 19.4. The molecule has 1 N–H and O–H groups in total. The fourth-order valence-corrected chi connectivity index (χ4v) is 1.34. The first kappa shape index (κ1) is 12.0. The predicted octanol–water partition coefficient (Wildman–Crippen LogP) is 3.37. The minimum absolute atomic E-state index is 0.285. The van der Waals surface area contributed by atoms with Gasteiger partial charge in [0.1, 0.15) is 0 Å². The molecule has 1 aromatic rings. The Morgan fingerprint density at radius 2 is 2.00 bits per heavy atom. The van der Waals surface area contributed by atoms with Crippen LogP contribution in [0.2, 0.25) is 0 Å². The standard InChI is InChI=1S/C11H13F3O/c1-8-3-2-4-9(7-8)10(15)5-6-11(12,13)14/h2-4,7,10,15H,5-6H2,1H3. The van der Waals surface area contributed by atoms with Crippen LogP contribution in [0.4, 0.5) is 13.2 Å². The van der Waals surface area contributed by atoms with Crippen molar-refractivity contribution in [1.29, 1.82) is 0 Å². The minimum atomic E-state index is -4.20. The molecule has 0 aromatic heterocycles. The van der Waals surface area contributed by atoms with E-state index in [1.54, 1.807) is 18.2 Å². The predicted molar refractivity (Wildman–Crippen MR) is 51.4 cm³/mol. The smallest absolute Gasteiger partial charge is 0.388 e. The molecule has 1 nitrogen and oxygen atoms in total. The number of rotatable bonds is 3. The summed E-state index contributed by atoms with van der Waals surface area (Å²) >= 11 is 0. The lowest BCUT2D eigenvalue weighted by atomic mass is 10.0. The quantitative estimate of drug-likeness (QED) is 0.824. The molecular weight excluding hydrogens is 205 g/mol. The molecule has 0 spiro atoms. The number of benzene rings is 1. The number of aliphatic hydroxyl groups excluding tert-OH is 1. The highest BCUT2D eigenvalue weighted by molar-refractivity contribution is 5.23. The van der Waals surface area contributed by atoms with Crippen molar-refractivity contribution >= 4 is 0 Å². The molecule has 0 bridgehead atoms. The summed E-state index contributed by atoms with van der Waals surface area (Å²) in [5.74, 6) is 0. The fourth-order valence-electron chi connectivity index (χ4n) is 1.34. The second-order valence-corrected chi connectivity index (χ2v) is 3.58. The molecule has 1 unspecified atom stereocenters. The Morgan fingerprint density at radius 3 is 2.53 bits per heavy atom. The number of hydrogen-bond acceptors (Lipinski definition) is 1. The molecular formula is C11H13F3O. The molecule has 0 fully saturated rings. The van der Waals surface area contributed by atoms with Crippen LogP contribution in [0, 0.1) is 6.92 Å². The molecule has 0 amide bonds. The molecule has 1 aromatic carbocycles. The summed E-state index contributed by atoms with van der Waals surface area (Å²) in [6.07, 6.45) is -6.48. The summed E-state index contributed by atoms with van der Waals surface area (Å²) < 4.78 is 35.7. The van der Waals surface area contributed by atoms with E-state index in [0.29, 0.717) is 5.56 Å². The number of alkyl halides is 3. The summed E-state index contributed by atoms with van der Waals surface area (Å²) in [7, 11) is 0. The van der Waals surface area contributed by atoms with E-state index in [4.69, 9.17) is 0 Å². The Labute approximate surface area is 86.5 Å². The Balaban J connectivity index is 2.58. The van der Waals surface area contributed by atoms with Crippen LogP contribution < -0.4 is 0 Å². The zero-order valence-electron chi connectivity index (χ0n) is 8.38. The van der Waals surface area contributed by atoms with E-state index in [1.165, 1.54) is 0 Å². The van der Waals surface area contributed by atoms with E-state index < -0.39 is 18.7 Å². The lowest BCUT2D eigenvalue weighted by Crippen LogP contribution is -2.10. The number of aryl methyl sites for hydroxylation is 1. The van der Waals surface area contributed by atoms with Gasteiger partial charge in [0.15, 0.2) is 0 Å². The topological polar surface area (TPSA) is 20.2 Å². The van der Waals surface area contributed by atoms with Crippen LogP contribution in [0.5, 0.6) is 0 Å². The van der Waals surface area contributed by atoms with Crippen LogP contribution in [0.15, 0.2) is 24.3 Å². The normalized spacial score (nSPS) is 13.9. The lowest BCUT2D eigenvalue weighted by Gasteiger charge is -2.12. The first-order chi connectivity index (χ1) is 6.88. The maximum Gasteiger partial charge on any atom is 0.389 e. The van der Waals surface area contributed by atoms with Crippen LogP contribution in [-0.4, -0.2) is 11.3 Å². The molecule has 0 radical (unpaired) electrons. The Hall–Kier alpha value is -1.03. The highest BCUT2D eigenvalue weighted by Crippen LogP contribution is 2.27. The van der Waals surface area contributed by atoms with E-state index in [9.17, 15) is 18.3 Å². The summed E-state index contributed by atoms with van der Waals surface area (Å²) in [4.78, 5) is 0. The molecule has 0 saturated carbocycles. The third-order valence-electron chi connectivity index (χ3n) is 2.13. The highest BCUT2D eigenvalue weighted by Gasteiger charge is 2.28. The second-order valence-electron chi connectivity index (χ2n) is 3.58. The molecule has 0 aliphatic heterocycles. The van der Waals surface area contributed by atoms with E-state index in [0.717, 1.165) is 5.56 Å². The summed E-state index contributed by atoms with van der Waals surface area (Å²) in [6.45, 7) is 1.83. The van der Waals surface area contributed by atoms with Crippen molar-refractivity contribution in [2.75, 3.05) is 0 Å². The van der Waals surface area contributed by atoms with Crippen molar-refractivity contribution in [1.82, 2.24) is 0 Å². The first-order valence-corrected chi connectivity index (χ1v) is 4.70. The van der Waals surface area contributed by atoms with Crippen molar-refractivity contribution < 1.29 is 18.3 Å². The van der Waals surface area contributed by atoms with Crippen LogP contribution in [-0.2, 0) is 0 Å². The monoisotopic (exact) mass is 218 g/mol. The molecule has 4 heteroatoms. The number of halogens is 3. The van der Waals surface area contributed by atoms with Gasteiger partial charge in [-0.25, -0.2) is 0 Å². The molecule has 0 aliphatic carbocycles. The average Bonchev–Trinajstić information content (AvgIpc) is 2.13. The van der Waals surface area contributed by atoms with Gasteiger partial charge >= 0.3 is 6.18 Å². The average molecular weight is 218 g/mol. The van der Waals surface area contributed by atoms with E-state index in [1.807, 2.05) is 13.0 Å². The summed E-state index contributed by atoms with van der Waals surface area (Å²) in [5.41, 5.74) is 1.47. The van der Waals surface area contributed by atoms with Gasteiger partial charge in [-0.1, -0.05) is 29.8 Å². The first-order valence-electron chi connectivity index (χ1n) is 4.70. The molecule has 0 heterocycles. The Bertz CT molecular complexity index is 320. The third kappa shape index (κ3) is 4.34. The maximum absolute atomic E-state index is 11.9. The van der Waals surface area contributed by atoms with E-state index >= 15 is 0 Å². The summed E-state index contributed by atoms with van der Waals surface area (Å²) in [5, 5.41) is 9.51. The van der Waals surface area contributed by atoms with Crippen molar-refractivity contribution in [2.45, 2.75) is 32.0 Å². The molecule has 0 saturated heterocycles. The maximum atomic E-state index is 11.9. The SMILES string of the molecule is Cc1cccc(C(O)CCC(F)(F)F)c1. The minimum Gasteiger partial charge on any atom is -0.388 e. The molecule has 1 rings (SSSR count). The number of hydrogen-bond donors (Lipinski definition) is 1. The van der Waals surface area contributed by atoms with Crippen LogP contribution in [0.1, 0.15) is 30.1 Å². The van der Waals surface area contributed by atoms with Gasteiger partial charge < -0.3 is 5.11 Å². The van der Waals surface area contributed by atoms with Gasteiger partial charge in [0.2, 0.25) is 0 Å². The summed E-state index contributed by atoms with van der Waals surface area (Å²) in [6, 6.07) is 6.89. The van der Waals surface area contributed by atoms with Crippen molar-refractivity contribution in [3.63, 3.8) is 0 Å². The Morgan fingerprint density at radius 1 is 1.33 bits per heavy atom. The van der Waals surface area contributed by atoms with Gasteiger partial charge in [0.25, 0.3) is 0 Å². The lowest BCUT2D eigenvalue weighted by molar-refractivity contribution is -0.140. The van der Waals surface area contributed by atoms with E-state index in [-0.39, 0.29) is 6.42 Å². The van der Waals surface area contributed by atoms with Crippen LogP contribution in [0.25, 0.3) is 0 Å². The zero-order valence-corrected chi connectivity index (χ0v) is 8.38. The van der Waals surface area contributed by atoms with Crippen LogP contribution >= 0.6 is 0 Å². The molecule has 84 valence electrons. The zero-order chi connectivity index (χ0) is 11.5. The van der Waals surface area contributed by atoms with Crippen molar-refractivity contribution in [3.05, 3.63) is 35.4 Å². The largest absolute Gasteiger partial charge is 0.389 e. The van der Waals surface area contributed by atoms with Gasteiger partial charge in [0, 0.05) is 6.42 Å². The van der Waals surface area contributed by atoms with Crippen LogP contribution in [0.3, 0.4) is 0 Å².